The first-order chi connectivity index (χ1) is 8.65. The lowest BCUT2D eigenvalue weighted by molar-refractivity contribution is 0.628. The summed E-state index contributed by atoms with van der Waals surface area (Å²) in [5, 5.41) is 2.06. The van der Waals surface area contributed by atoms with Crippen molar-refractivity contribution in [2.24, 2.45) is 0 Å². The Morgan fingerprint density at radius 1 is 1.39 bits per heavy atom. The van der Waals surface area contributed by atoms with Crippen molar-refractivity contribution in [2.45, 2.75) is 13.5 Å². The monoisotopic (exact) mass is 278 g/mol. The van der Waals surface area contributed by atoms with Crippen molar-refractivity contribution in [3.05, 3.63) is 50.7 Å². The molecule has 0 saturated heterocycles. The highest BCUT2D eigenvalue weighted by Crippen LogP contribution is 2.21. The average Bonchev–Trinajstić information content (AvgIpc) is 2.86. The molecule has 0 bridgehead atoms. The smallest absolute Gasteiger partial charge is 0.178 e. The van der Waals surface area contributed by atoms with E-state index in [0.717, 1.165) is 11.0 Å². The number of hydrogen-bond acceptors (Lipinski definition) is 2. The van der Waals surface area contributed by atoms with Gasteiger partial charge >= 0.3 is 0 Å². The number of imidazole rings is 1. The second-order valence-corrected chi connectivity index (χ2v) is 5.59. The van der Waals surface area contributed by atoms with Crippen molar-refractivity contribution in [1.29, 1.82) is 0 Å². The van der Waals surface area contributed by atoms with Gasteiger partial charge in [0.2, 0.25) is 0 Å². The molecule has 0 amide bonds. The van der Waals surface area contributed by atoms with E-state index in [1.807, 2.05) is 4.57 Å². The van der Waals surface area contributed by atoms with Gasteiger partial charge in [0.05, 0.1) is 17.6 Å². The summed E-state index contributed by atoms with van der Waals surface area (Å²) in [6, 6.07) is 6.76. The lowest BCUT2D eigenvalue weighted by Crippen LogP contribution is -1.99. The Balaban J connectivity index is 2.17. The Hall–Kier alpha value is -1.46. The predicted octanol–water partition coefficient (Wildman–Crippen LogP) is 4.26. The highest BCUT2D eigenvalue weighted by atomic mass is 32.1. The first kappa shape index (κ1) is 11.6. The largest absolute Gasteiger partial charge is 0.331 e. The SMILES string of the molecule is Cc1ccsc1Cn1c(=S)[nH]c2ccc(F)cc21. The predicted molar refractivity (Wildman–Crippen MR) is 75.2 cm³/mol. The standard InChI is InChI=1S/C13H11FN2S2/c1-8-4-5-18-12(8)7-16-11-6-9(14)2-3-10(11)15-13(16)17/h2-6H,7H2,1H3,(H,15,17). The topological polar surface area (TPSA) is 20.7 Å². The summed E-state index contributed by atoms with van der Waals surface area (Å²) in [6.07, 6.45) is 0. The number of aromatic amines is 1. The number of nitrogens with zero attached hydrogens (tertiary/aromatic N) is 1. The number of thiophene rings is 1. The van der Waals surface area contributed by atoms with Gasteiger partial charge in [-0.05, 0) is 54.4 Å². The summed E-state index contributed by atoms with van der Waals surface area (Å²) in [5.74, 6) is -0.242. The van der Waals surface area contributed by atoms with E-state index < -0.39 is 0 Å². The zero-order valence-corrected chi connectivity index (χ0v) is 11.4. The van der Waals surface area contributed by atoms with Crippen molar-refractivity contribution < 1.29 is 4.39 Å². The lowest BCUT2D eigenvalue weighted by atomic mass is 10.2. The minimum absolute atomic E-state index is 0.242. The minimum Gasteiger partial charge on any atom is -0.331 e. The quantitative estimate of drug-likeness (QED) is 0.695. The molecule has 3 rings (SSSR count). The van der Waals surface area contributed by atoms with Gasteiger partial charge in [0.15, 0.2) is 4.77 Å². The summed E-state index contributed by atoms with van der Waals surface area (Å²) < 4.78 is 15.9. The van der Waals surface area contributed by atoms with E-state index in [9.17, 15) is 4.39 Å². The van der Waals surface area contributed by atoms with Crippen molar-refractivity contribution >= 4 is 34.6 Å². The maximum atomic E-state index is 13.3. The third-order valence-corrected chi connectivity index (χ3v) is 4.34. The van der Waals surface area contributed by atoms with Gasteiger partial charge < -0.3 is 9.55 Å². The van der Waals surface area contributed by atoms with Crippen LogP contribution in [0.1, 0.15) is 10.4 Å². The zero-order chi connectivity index (χ0) is 12.7. The second-order valence-electron chi connectivity index (χ2n) is 4.20. The first-order valence-corrected chi connectivity index (χ1v) is 6.85. The Morgan fingerprint density at radius 2 is 2.22 bits per heavy atom. The molecule has 18 heavy (non-hydrogen) atoms. The number of benzene rings is 1. The Labute approximate surface area is 113 Å². The number of nitrogens with one attached hydrogen (secondary N) is 1. The normalized spacial score (nSPS) is 11.2. The maximum absolute atomic E-state index is 13.3. The fourth-order valence-electron chi connectivity index (χ4n) is 1.99. The van der Waals surface area contributed by atoms with Gasteiger partial charge in [0.1, 0.15) is 5.82 Å². The molecule has 0 unspecified atom stereocenters. The molecule has 0 aliphatic rings. The van der Waals surface area contributed by atoms with Crippen LogP contribution in [0.5, 0.6) is 0 Å². The third-order valence-electron chi connectivity index (χ3n) is 3.01. The summed E-state index contributed by atoms with van der Waals surface area (Å²) in [7, 11) is 0. The van der Waals surface area contributed by atoms with Crippen LogP contribution in [-0.4, -0.2) is 9.55 Å². The van der Waals surface area contributed by atoms with Gasteiger partial charge in [-0.2, -0.15) is 0 Å². The van der Waals surface area contributed by atoms with Crippen molar-refractivity contribution in [2.75, 3.05) is 0 Å². The molecule has 1 aromatic carbocycles. The molecule has 0 spiro atoms. The molecule has 0 aliphatic heterocycles. The molecule has 0 radical (unpaired) electrons. The molecule has 0 atom stereocenters. The molecule has 92 valence electrons. The van der Waals surface area contributed by atoms with E-state index in [1.165, 1.54) is 22.6 Å². The fraction of sp³-hybridized carbons (Fsp3) is 0.154. The van der Waals surface area contributed by atoms with Crippen LogP contribution in [0.3, 0.4) is 0 Å². The van der Waals surface area contributed by atoms with Crippen LogP contribution in [0, 0.1) is 17.5 Å². The van der Waals surface area contributed by atoms with Gasteiger partial charge in [0, 0.05) is 4.88 Å². The molecule has 2 nitrogen and oxygen atoms in total. The second kappa shape index (κ2) is 4.33. The number of H-pyrrole nitrogens is 1. The van der Waals surface area contributed by atoms with Crippen LogP contribution in [0.15, 0.2) is 29.6 Å². The fourth-order valence-corrected chi connectivity index (χ4v) is 3.16. The molecule has 1 N–H and O–H groups in total. The molecule has 2 aromatic heterocycles. The summed E-state index contributed by atoms with van der Waals surface area (Å²) in [5.41, 5.74) is 2.93. The van der Waals surface area contributed by atoms with Crippen LogP contribution in [-0.2, 0) is 6.54 Å². The van der Waals surface area contributed by atoms with E-state index in [-0.39, 0.29) is 5.82 Å². The van der Waals surface area contributed by atoms with E-state index in [4.69, 9.17) is 12.2 Å². The van der Waals surface area contributed by atoms with Gasteiger partial charge in [-0.3, -0.25) is 0 Å². The molecular formula is C13H11FN2S2. The van der Waals surface area contributed by atoms with E-state index >= 15 is 0 Å². The number of hydrogen-bond donors (Lipinski definition) is 1. The number of aryl methyl sites for hydroxylation is 1. The van der Waals surface area contributed by atoms with E-state index in [2.05, 4.69) is 23.4 Å². The molecule has 0 saturated carbocycles. The Morgan fingerprint density at radius 3 is 2.94 bits per heavy atom. The third kappa shape index (κ3) is 1.89. The van der Waals surface area contributed by atoms with Gasteiger partial charge in [-0.1, -0.05) is 0 Å². The lowest BCUT2D eigenvalue weighted by Gasteiger charge is -2.04. The van der Waals surface area contributed by atoms with E-state index in [1.54, 1.807) is 17.4 Å². The highest BCUT2D eigenvalue weighted by Gasteiger charge is 2.08. The van der Waals surface area contributed by atoms with Crippen LogP contribution in [0.4, 0.5) is 4.39 Å². The van der Waals surface area contributed by atoms with E-state index in [0.29, 0.717) is 11.3 Å². The van der Waals surface area contributed by atoms with Gasteiger partial charge in [0.25, 0.3) is 0 Å². The van der Waals surface area contributed by atoms with Crippen LogP contribution >= 0.6 is 23.6 Å². The molecule has 0 fully saturated rings. The molecule has 2 heterocycles. The summed E-state index contributed by atoms with van der Waals surface area (Å²) in [6.45, 7) is 2.76. The first-order valence-electron chi connectivity index (χ1n) is 5.56. The van der Waals surface area contributed by atoms with Crippen molar-refractivity contribution in [3.63, 3.8) is 0 Å². The molecule has 0 aliphatic carbocycles. The number of halogens is 1. The maximum Gasteiger partial charge on any atom is 0.178 e. The van der Waals surface area contributed by atoms with Crippen LogP contribution in [0.2, 0.25) is 0 Å². The number of rotatable bonds is 2. The molecule has 3 aromatic rings. The Kier molecular flexibility index (Phi) is 2.80. The number of aromatic nitrogens is 2. The van der Waals surface area contributed by atoms with Gasteiger partial charge in [-0.15, -0.1) is 11.3 Å². The highest BCUT2D eigenvalue weighted by molar-refractivity contribution is 7.71. The van der Waals surface area contributed by atoms with Crippen molar-refractivity contribution in [1.82, 2.24) is 9.55 Å². The van der Waals surface area contributed by atoms with Crippen LogP contribution in [0.25, 0.3) is 11.0 Å². The molecular weight excluding hydrogens is 267 g/mol. The zero-order valence-electron chi connectivity index (χ0n) is 9.74. The molecule has 5 heteroatoms. The van der Waals surface area contributed by atoms with Crippen LogP contribution < -0.4 is 0 Å². The summed E-state index contributed by atoms with van der Waals surface area (Å²) in [4.78, 5) is 4.35. The average molecular weight is 278 g/mol. The van der Waals surface area contributed by atoms with Gasteiger partial charge in [-0.25, -0.2) is 4.39 Å². The number of fused-ring (bicyclic) bond motifs is 1. The minimum atomic E-state index is -0.242. The Bertz CT molecular complexity index is 767. The summed E-state index contributed by atoms with van der Waals surface area (Å²) >= 11 is 7.00. The van der Waals surface area contributed by atoms with Crippen molar-refractivity contribution in [3.8, 4) is 0 Å².